The van der Waals surface area contributed by atoms with E-state index in [1.54, 1.807) is 0 Å². The van der Waals surface area contributed by atoms with Crippen molar-refractivity contribution in [1.82, 2.24) is 15.3 Å². The first-order chi connectivity index (χ1) is 10.4. The van der Waals surface area contributed by atoms with Crippen molar-refractivity contribution in [3.63, 3.8) is 0 Å². The summed E-state index contributed by atoms with van der Waals surface area (Å²) in [6.07, 6.45) is -2.25. The number of nitrogens with one attached hydrogen (secondary N) is 1. The second kappa shape index (κ2) is 5.71. The van der Waals surface area contributed by atoms with Gasteiger partial charge in [0, 0.05) is 18.8 Å². The summed E-state index contributed by atoms with van der Waals surface area (Å²) in [6.45, 7) is 0.719. The molecule has 1 unspecified atom stereocenters. The van der Waals surface area contributed by atoms with Crippen LogP contribution in [0.1, 0.15) is 18.5 Å². The number of carbonyl (C=O) groups excluding carboxylic acids is 1. The molecular formula is C13H15F3N4O2. The molecule has 2 fully saturated rings. The molecule has 0 spiro atoms. The summed E-state index contributed by atoms with van der Waals surface area (Å²) in [5.74, 6) is -0.276. The van der Waals surface area contributed by atoms with E-state index >= 15 is 0 Å². The third kappa shape index (κ3) is 3.46. The van der Waals surface area contributed by atoms with Crippen LogP contribution in [0.3, 0.4) is 0 Å². The van der Waals surface area contributed by atoms with Crippen LogP contribution in [0.5, 0.6) is 0 Å². The quantitative estimate of drug-likeness (QED) is 0.900. The number of alkyl halides is 3. The number of carbonyl (C=O) groups is 1. The van der Waals surface area contributed by atoms with Crippen LogP contribution in [0.25, 0.3) is 0 Å². The highest BCUT2D eigenvalue weighted by Crippen LogP contribution is 2.28. The summed E-state index contributed by atoms with van der Waals surface area (Å²) in [5.41, 5.74) is -0.997. The minimum Gasteiger partial charge on any atom is -0.365 e. The van der Waals surface area contributed by atoms with Gasteiger partial charge in [-0.3, -0.25) is 4.79 Å². The van der Waals surface area contributed by atoms with Crippen LogP contribution in [0.4, 0.5) is 19.1 Å². The van der Waals surface area contributed by atoms with E-state index in [1.165, 1.54) is 4.90 Å². The van der Waals surface area contributed by atoms with E-state index in [0.29, 0.717) is 6.54 Å². The van der Waals surface area contributed by atoms with E-state index in [4.69, 9.17) is 4.74 Å². The van der Waals surface area contributed by atoms with Crippen molar-refractivity contribution in [2.45, 2.75) is 31.2 Å². The van der Waals surface area contributed by atoms with Gasteiger partial charge in [0.25, 0.3) is 5.91 Å². The Kier molecular flexibility index (Phi) is 3.90. The van der Waals surface area contributed by atoms with Crippen LogP contribution in [0, 0.1) is 0 Å². The summed E-state index contributed by atoms with van der Waals surface area (Å²) in [6, 6.07) is 1.03. The molecule has 1 amide bonds. The molecule has 1 N–H and O–H groups in total. The Morgan fingerprint density at radius 2 is 2.18 bits per heavy atom. The lowest BCUT2D eigenvalue weighted by Crippen LogP contribution is -2.50. The van der Waals surface area contributed by atoms with E-state index < -0.39 is 18.0 Å². The molecule has 3 rings (SSSR count). The molecule has 1 aliphatic carbocycles. The minimum atomic E-state index is -4.52. The second-order valence-electron chi connectivity index (χ2n) is 5.33. The summed E-state index contributed by atoms with van der Waals surface area (Å²) in [7, 11) is 0. The molecule has 22 heavy (non-hydrogen) atoms. The molecule has 9 heteroatoms. The van der Waals surface area contributed by atoms with Gasteiger partial charge in [-0.25, -0.2) is 9.97 Å². The molecule has 1 aromatic rings. The van der Waals surface area contributed by atoms with Crippen LogP contribution < -0.4 is 10.2 Å². The number of hydrogen-bond acceptors (Lipinski definition) is 5. The molecule has 0 radical (unpaired) electrons. The lowest BCUT2D eigenvalue weighted by Gasteiger charge is -2.32. The minimum absolute atomic E-state index is 0.0395. The van der Waals surface area contributed by atoms with Gasteiger partial charge in [-0.05, 0) is 18.9 Å². The number of anilines is 1. The summed E-state index contributed by atoms with van der Waals surface area (Å²) in [4.78, 5) is 20.9. The van der Waals surface area contributed by atoms with Crippen molar-refractivity contribution in [3.8, 4) is 0 Å². The lowest BCUT2D eigenvalue weighted by molar-refractivity contribution is -0.141. The van der Waals surface area contributed by atoms with Gasteiger partial charge < -0.3 is 15.0 Å². The van der Waals surface area contributed by atoms with Crippen molar-refractivity contribution in [1.29, 1.82) is 0 Å². The zero-order valence-electron chi connectivity index (χ0n) is 11.6. The number of halogens is 3. The number of amides is 1. The molecule has 1 aromatic heterocycles. The van der Waals surface area contributed by atoms with Crippen LogP contribution in [-0.2, 0) is 15.7 Å². The second-order valence-corrected chi connectivity index (χ2v) is 5.33. The molecule has 1 aliphatic heterocycles. The molecule has 1 saturated carbocycles. The van der Waals surface area contributed by atoms with E-state index in [-0.39, 0.29) is 31.0 Å². The first kappa shape index (κ1) is 15.0. The van der Waals surface area contributed by atoms with Crippen LogP contribution in [0.2, 0.25) is 0 Å². The zero-order chi connectivity index (χ0) is 15.7. The highest BCUT2D eigenvalue weighted by molar-refractivity contribution is 5.82. The Morgan fingerprint density at radius 1 is 1.41 bits per heavy atom. The molecule has 0 aromatic carbocycles. The first-order valence-corrected chi connectivity index (χ1v) is 7.00. The Labute approximate surface area is 124 Å². The predicted molar refractivity (Wildman–Crippen MR) is 70.2 cm³/mol. The third-order valence-corrected chi connectivity index (χ3v) is 3.50. The summed E-state index contributed by atoms with van der Waals surface area (Å²) < 4.78 is 43.5. The SMILES string of the molecule is O=C(NC1CC1)C1CN(c2nccc(C(F)(F)F)n2)CCO1. The van der Waals surface area contributed by atoms with Gasteiger partial charge >= 0.3 is 6.18 Å². The molecule has 0 bridgehead atoms. The molecular weight excluding hydrogens is 301 g/mol. The summed E-state index contributed by atoms with van der Waals surface area (Å²) >= 11 is 0. The Morgan fingerprint density at radius 3 is 2.86 bits per heavy atom. The van der Waals surface area contributed by atoms with Crippen LogP contribution >= 0.6 is 0 Å². The van der Waals surface area contributed by atoms with Crippen molar-refractivity contribution in [2.75, 3.05) is 24.6 Å². The van der Waals surface area contributed by atoms with Crippen LogP contribution in [-0.4, -0.2) is 47.7 Å². The molecule has 120 valence electrons. The van der Waals surface area contributed by atoms with Crippen molar-refractivity contribution < 1.29 is 22.7 Å². The summed E-state index contributed by atoms with van der Waals surface area (Å²) in [5, 5.41) is 2.82. The van der Waals surface area contributed by atoms with E-state index in [2.05, 4.69) is 15.3 Å². The fraction of sp³-hybridized carbons (Fsp3) is 0.615. The predicted octanol–water partition coefficient (Wildman–Crippen LogP) is 0.979. The topological polar surface area (TPSA) is 67.4 Å². The van der Waals surface area contributed by atoms with E-state index in [0.717, 1.165) is 25.1 Å². The number of hydrogen-bond donors (Lipinski definition) is 1. The molecule has 6 nitrogen and oxygen atoms in total. The van der Waals surface area contributed by atoms with Crippen molar-refractivity contribution in [3.05, 3.63) is 18.0 Å². The first-order valence-electron chi connectivity index (χ1n) is 7.00. The average Bonchev–Trinajstić information content (AvgIpc) is 3.31. The maximum Gasteiger partial charge on any atom is 0.433 e. The largest absolute Gasteiger partial charge is 0.433 e. The standard InChI is InChI=1S/C13H15F3N4O2/c14-13(15,16)10-3-4-17-12(19-10)20-5-6-22-9(7-20)11(21)18-8-1-2-8/h3-4,8-9H,1-2,5-7H2,(H,18,21). The highest BCUT2D eigenvalue weighted by atomic mass is 19.4. The maximum absolute atomic E-state index is 12.7. The van der Waals surface area contributed by atoms with Crippen molar-refractivity contribution in [2.24, 2.45) is 0 Å². The molecule has 1 atom stereocenters. The number of aromatic nitrogens is 2. The average molecular weight is 316 g/mol. The number of ether oxygens (including phenoxy) is 1. The Balaban J connectivity index is 1.70. The van der Waals surface area contributed by atoms with Crippen molar-refractivity contribution >= 4 is 11.9 Å². The van der Waals surface area contributed by atoms with E-state index in [9.17, 15) is 18.0 Å². The normalized spacial score (nSPS) is 22.5. The monoisotopic (exact) mass is 316 g/mol. The smallest absolute Gasteiger partial charge is 0.365 e. The number of morpholine rings is 1. The van der Waals surface area contributed by atoms with Gasteiger partial charge in [0.1, 0.15) is 5.69 Å². The van der Waals surface area contributed by atoms with Gasteiger partial charge in [-0.2, -0.15) is 13.2 Å². The van der Waals surface area contributed by atoms with Crippen LogP contribution in [0.15, 0.2) is 12.3 Å². The van der Waals surface area contributed by atoms with Gasteiger partial charge in [0.15, 0.2) is 6.10 Å². The zero-order valence-corrected chi connectivity index (χ0v) is 11.6. The Bertz CT molecular complexity index is 562. The molecule has 2 aliphatic rings. The van der Waals surface area contributed by atoms with Gasteiger partial charge in [-0.1, -0.05) is 0 Å². The molecule has 2 heterocycles. The van der Waals surface area contributed by atoms with Gasteiger partial charge in [0.05, 0.1) is 13.2 Å². The fourth-order valence-corrected chi connectivity index (χ4v) is 2.17. The van der Waals surface area contributed by atoms with Gasteiger partial charge in [0.2, 0.25) is 5.95 Å². The van der Waals surface area contributed by atoms with E-state index in [1.807, 2.05) is 0 Å². The lowest BCUT2D eigenvalue weighted by atomic mass is 10.2. The third-order valence-electron chi connectivity index (χ3n) is 3.50. The highest BCUT2D eigenvalue weighted by Gasteiger charge is 2.35. The fourth-order valence-electron chi connectivity index (χ4n) is 2.17. The van der Waals surface area contributed by atoms with Gasteiger partial charge in [-0.15, -0.1) is 0 Å². The Hall–Kier alpha value is -1.90. The maximum atomic E-state index is 12.7. The molecule has 1 saturated heterocycles. The number of rotatable bonds is 3. The number of nitrogens with zero attached hydrogens (tertiary/aromatic N) is 3.